The molecule has 1 N–H and O–H groups in total. The van der Waals surface area contributed by atoms with Gasteiger partial charge in [-0.15, -0.1) is 0 Å². The van der Waals surface area contributed by atoms with Crippen LogP contribution in [0.4, 0.5) is 0 Å². The number of aliphatic carboxylic acids is 1. The summed E-state index contributed by atoms with van der Waals surface area (Å²) in [5.74, 6) is 0.452. The van der Waals surface area contributed by atoms with Crippen LogP contribution in [-0.2, 0) is 4.79 Å². The second-order valence-electron chi connectivity index (χ2n) is 5.33. The van der Waals surface area contributed by atoms with Crippen LogP contribution in [0.3, 0.4) is 0 Å². The number of thioether (sulfide) groups is 1. The lowest BCUT2D eigenvalue weighted by Crippen LogP contribution is -2.47. The highest BCUT2D eigenvalue weighted by Gasteiger charge is 2.30. The molecule has 1 unspecified atom stereocenters. The number of carboxylic acid groups (broad SMARTS) is 1. The molecule has 23 heavy (non-hydrogen) atoms. The largest absolute Gasteiger partial charge is 0.481 e. The summed E-state index contributed by atoms with van der Waals surface area (Å²) in [5.41, 5.74) is 1.36. The van der Waals surface area contributed by atoms with Gasteiger partial charge in [0.2, 0.25) is 0 Å². The van der Waals surface area contributed by atoms with E-state index in [9.17, 15) is 9.59 Å². The Labute approximate surface area is 138 Å². The molecule has 2 aromatic rings. The summed E-state index contributed by atoms with van der Waals surface area (Å²) in [7, 11) is 0. The van der Waals surface area contributed by atoms with E-state index in [4.69, 9.17) is 5.11 Å². The Balaban J connectivity index is 1.79. The summed E-state index contributed by atoms with van der Waals surface area (Å²) >= 11 is 1.69. The zero-order valence-electron chi connectivity index (χ0n) is 12.5. The fourth-order valence-corrected chi connectivity index (χ4v) is 3.68. The molecule has 0 saturated carbocycles. The van der Waals surface area contributed by atoms with Crippen LogP contribution in [0.25, 0.3) is 5.69 Å². The van der Waals surface area contributed by atoms with E-state index in [1.807, 2.05) is 30.3 Å². The molecular weight excluding hydrogens is 314 g/mol. The highest BCUT2D eigenvalue weighted by atomic mass is 32.2. The van der Waals surface area contributed by atoms with E-state index in [0.717, 1.165) is 11.4 Å². The molecule has 1 aromatic carbocycles. The Kier molecular flexibility index (Phi) is 4.66. The number of hydrogen-bond acceptors (Lipinski definition) is 4. The topological polar surface area (TPSA) is 75.4 Å². The van der Waals surface area contributed by atoms with Crippen LogP contribution in [0.5, 0.6) is 0 Å². The van der Waals surface area contributed by atoms with Crippen molar-refractivity contribution in [2.24, 2.45) is 0 Å². The molecule has 1 aromatic heterocycles. The third-order valence-electron chi connectivity index (χ3n) is 3.75. The van der Waals surface area contributed by atoms with Crippen molar-refractivity contribution in [3.05, 3.63) is 48.3 Å². The maximum absolute atomic E-state index is 12.7. The van der Waals surface area contributed by atoms with E-state index in [2.05, 4.69) is 5.10 Å². The van der Waals surface area contributed by atoms with Gasteiger partial charge in [-0.3, -0.25) is 9.59 Å². The molecule has 0 radical (unpaired) electrons. The van der Waals surface area contributed by atoms with Gasteiger partial charge in [-0.25, -0.2) is 4.68 Å². The van der Waals surface area contributed by atoms with Crippen molar-refractivity contribution in [2.45, 2.75) is 12.5 Å². The van der Waals surface area contributed by atoms with Crippen LogP contribution in [0.2, 0.25) is 0 Å². The summed E-state index contributed by atoms with van der Waals surface area (Å²) in [5, 5.41) is 13.3. The Morgan fingerprint density at radius 3 is 2.83 bits per heavy atom. The molecule has 1 amide bonds. The molecule has 0 spiro atoms. The van der Waals surface area contributed by atoms with Crippen LogP contribution in [-0.4, -0.2) is 55.8 Å². The standard InChI is InChI=1S/C16H17N3O3S/c20-15(21)8-14-11-23-7-6-18(14)16(22)12-9-17-19(10-12)13-4-2-1-3-5-13/h1-5,9-10,14H,6-8,11H2,(H,20,21). The van der Waals surface area contributed by atoms with Crippen LogP contribution in [0, 0.1) is 0 Å². The number of carboxylic acids is 1. The summed E-state index contributed by atoms with van der Waals surface area (Å²) in [6.07, 6.45) is 3.21. The van der Waals surface area contributed by atoms with Gasteiger partial charge in [0.25, 0.3) is 5.91 Å². The highest BCUT2D eigenvalue weighted by molar-refractivity contribution is 7.99. The fraction of sp³-hybridized carbons (Fsp3) is 0.312. The maximum atomic E-state index is 12.7. The van der Waals surface area contributed by atoms with Crippen molar-refractivity contribution in [3.8, 4) is 5.69 Å². The zero-order valence-corrected chi connectivity index (χ0v) is 13.3. The Morgan fingerprint density at radius 1 is 1.30 bits per heavy atom. The molecule has 3 rings (SSSR count). The first-order valence-corrected chi connectivity index (χ1v) is 8.51. The first-order valence-electron chi connectivity index (χ1n) is 7.36. The predicted octanol–water partition coefficient (Wildman–Crippen LogP) is 1.90. The molecule has 1 aliphatic heterocycles. The molecular formula is C16H17N3O3S. The van der Waals surface area contributed by atoms with E-state index in [-0.39, 0.29) is 18.4 Å². The van der Waals surface area contributed by atoms with Gasteiger partial charge in [-0.05, 0) is 12.1 Å². The molecule has 2 heterocycles. The average molecular weight is 331 g/mol. The van der Waals surface area contributed by atoms with Gasteiger partial charge in [0.1, 0.15) is 0 Å². The van der Waals surface area contributed by atoms with E-state index < -0.39 is 5.97 Å². The van der Waals surface area contributed by atoms with Crippen LogP contribution in [0.15, 0.2) is 42.7 Å². The summed E-state index contributed by atoms with van der Waals surface area (Å²) in [6.45, 7) is 0.567. The average Bonchev–Trinajstić information content (AvgIpc) is 3.05. The van der Waals surface area contributed by atoms with E-state index in [0.29, 0.717) is 17.9 Å². The number of rotatable bonds is 4. The van der Waals surface area contributed by atoms with Crippen molar-refractivity contribution < 1.29 is 14.7 Å². The number of aromatic nitrogens is 2. The Bertz CT molecular complexity index is 702. The number of carbonyl (C=O) groups excluding carboxylic acids is 1. The lowest BCUT2D eigenvalue weighted by Gasteiger charge is -2.34. The Hall–Kier alpha value is -2.28. The smallest absolute Gasteiger partial charge is 0.305 e. The van der Waals surface area contributed by atoms with Crippen molar-refractivity contribution in [1.82, 2.24) is 14.7 Å². The Morgan fingerprint density at radius 2 is 2.09 bits per heavy atom. The predicted molar refractivity (Wildman–Crippen MR) is 88.0 cm³/mol. The molecule has 1 fully saturated rings. The maximum Gasteiger partial charge on any atom is 0.305 e. The molecule has 6 nitrogen and oxygen atoms in total. The summed E-state index contributed by atoms with van der Waals surface area (Å²) in [4.78, 5) is 25.4. The van der Waals surface area contributed by atoms with Crippen LogP contribution >= 0.6 is 11.8 Å². The molecule has 0 aliphatic carbocycles. The number of carbonyl (C=O) groups is 2. The molecule has 1 atom stereocenters. The molecule has 1 aliphatic rings. The first-order chi connectivity index (χ1) is 11.1. The number of para-hydroxylation sites is 1. The third kappa shape index (κ3) is 3.56. The monoisotopic (exact) mass is 331 g/mol. The number of benzene rings is 1. The lowest BCUT2D eigenvalue weighted by atomic mass is 10.1. The summed E-state index contributed by atoms with van der Waals surface area (Å²) in [6, 6.07) is 9.28. The van der Waals surface area contributed by atoms with E-state index in [1.54, 1.807) is 27.5 Å². The molecule has 120 valence electrons. The van der Waals surface area contributed by atoms with Crippen molar-refractivity contribution in [1.29, 1.82) is 0 Å². The quantitative estimate of drug-likeness (QED) is 0.926. The first kappa shape index (κ1) is 15.6. The van der Waals surface area contributed by atoms with E-state index in [1.165, 1.54) is 6.20 Å². The number of amides is 1. The molecule has 7 heteroatoms. The van der Waals surface area contributed by atoms with Gasteiger partial charge < -0.3 is 10.0 Å². The SMILES string of the molecule is O=C(O)CC1CSCCN1C(=O)c1cnn(-c2ccccc2)c1. The zero-order chi connectivity index (χ0) is 16.2. The fourth-order valence-electron chi connectivity index (χ4n) is 2.61. The second-order valence-corrected chi connectivity index (χ2v) is 6.48. The van der Waals surface area contributed by atoms with Crippen molar-refractivity contribution >= 4 is 23.6 Å². The van der Waals surface area contributed by atoms with Gasteiger partial charge in [0.15, 0.2) is 0 Å². The lowest BCUT2D eigenvalue weighted by molar-refractivity contribution is -0.138. The van der Waals surface area contributed by atoms with Crippen LogP contribution < -0.4 is 0 Å². The van der Waals surface area contributed by atoms with Crippen molar-refractivity contribution in [2.75, 3.05) is 18.1 Å². The minimum atomic E-state index is -0.879. The minimum Gasteiger partial charge on any atom is -0.481 e. The second kappa shape index (κ2) is 6.87. The summed E-state index contributed by atoms with van der Waals surface area (Å²) < 4.78 is 1.65. The minimum absolute atomic E-state index is 0.0223. The van der Waals surface area contributed by atoms with Gasteiger partial charge in [0, 0.05) is 24.2 Å². The number of hydrogen-bond donors (Lipinski definition) is 1. The van der Waals surface area contributed by atoms with Gasteiger partial charge >= 0.3 is 5.97 Å². The highest BCUT2D eigenvalue weighted by Crippen LogP contribution is 2.21. The van der Waals surface area contributed by atoms with Gasteiger partial charge in [-0.2, -0.15) is 16.9 Å². The molecule has 1 saturated heterocycles. The van der Waals surface area contributed by atoms with Crippen molar-refractivity contribution in [3.63, 3.8) is 0 Å². The third-order valence-corrected chi connectivity index (χ3v) is 4.84. The van der Waals surface area contributed by atoms with Crippen LogP contribution in [0.1, 0.15) is 16.8 Å². The molecule has 0 bridgehead atoms. The number of nitrogens with zero attached hydrogens (tertiary/aromatic N) is 3. The normalized spacial score (nSPS) is 17.9. The van der Waals surface area contributed by atoms with Gasteiger partial charge in [-0.1, -0.05) is 18.2 Å². The van der Waals surface area contributed by atoms with Gasteiger partial charge in [0.05, 0.1) is 29.9 Å². The van der Waals surface area contributed by atoms with E-state index >= 15 is 0 Å².